The number of hydrogen-bond donors (Lipinski definition) is 3. The highest BCUT2D eigenvalue weighted by atomic mass is 19.4. The monoisotopic (exact) mass is 565 g/mol. The molecule has 1 aliphatic heterocycles. The first-order chi connectivity index (χ1) is 19.1. The Bertz CT molecular complexity index is 1100. The van der Waals surface area contributed by atoms with Gasteiger partial charge in [-0.05, 0) is 57.8 Å². The van der Waals surface area contributed by atoms with Gasteiger partial charge in [-0.1, -0.05) is 13.0 Å². The standard InChI is InChI=1S/C29H42F3N5O3/c1-4-6-23(13-20(5-2)36-21-11-12-39-17-21)40-27-25-16-34-28(35-18(3)14-29(30,31)32)37-26(25)24(15-33-27)19-7-9-22(38)10-8-19/h4,15-16,18-23,36,38H,1,5-14,17H2,2-3H3,(H,34,35,37)/t18-,19-,20+,21+,22-,23-/m0/s1. The van der Waals surface area contributed by atoms with E-state index < -0.39 is 18.6 Å². The van der Waals surface area contributed by atoms with Crippen LogP contribution in [-0.2, 0) is 4.74 Å². The summed E-state index contributed by atoms with van der Waals surface area (Å²) in [6.45, 7) is 9.00. The SMILES string of the molecule is C=CC[C@@H](C[C@@H](CC)N[C@@H]1CCOC1)Oc1ncc([C@H]2CC[C@H](O)CC2)c2nc(N[C@@H](C)CC(F)(F)F)ncc12. The normalized spacial score (nSPS) is 24.0. The highest BCUT2D eigenvalue weighted by Gasteiger charge is 2.31. The summed E-state index contributed by atoms with van der Waals surface area (Å²) in [5, 5.41) is 17.1. The van der Waals surface area contributed by atoms with E-state index in [4.69, 9.17) is 9.47 Å². The van der Waals surface area contributed by atoms with Gasteiger partial charge in [-0.15, -0.1) is 6.58 Å². The number of fused-ring (bicyclic) bond motifs is 1. The number of nitrogens with one attached hydrogen (secondary N) is 2. The van der Waals surface area contributed by atoms with Crippen LogP contribution in [-0.4, -0.2) is 69.8 Å². The van der Waals surface area contributed by atoms with E-state index in [0.29, 0.717) is 48.7 Å². The molecule has 4 rings (SSSR count). The second-order valence-corrected chi connectivity index (χ2v) is 11.2. The summed E-state index contributed by atoms with van der Waals surface area (Å²) in [5.41, 5.74) is 1.52. The number of nitrogens with zero attached hydrogens (tertiary/aromatic N) is 3. The molecule has 0 amide bonds. The van der Waals surface area contributed by atoms with Gasteiger partial charge in [0.1, 0.15) is 6.10 Å². The van der Waals surface area contributed by atoms with Gasteiger partial charge in [-0.25, -0.2) is 15.0 Å². The molecule has 4 atom stereocenters. The lowest BCUT2D eigenvalue weighted by atomic mass is 9.83. The van der Waals surface area contributed by atoms with Gasteiger partial charge in [-0.3, -0.25) is 0 Å². The summed E-state index contributed by atoms with van der Waals surface area (Å²) >= 11 is 0. The Balaban J connectivity index is 1.60. The number of ether oxygens (including phenoxy) is 2. The van der Waals surface area contributed by atoms with E-state index in [2.05, 4.69) is 39.1 Å². The Hall–Kier alpha value is -2.50. The minimum atomic E-state index is -4.29. The first kappa shape index (κ1) is 30.5. The van der Waals surface area contributed by atoms with Crippen molar-refractivity contribution >= 4 is 16.9 Å². The molecule has 0 spiro atoms. The molecule has 2 aromatic heterocycles. The summed E-state index contributed by atoms with van der Waals surface area (Å²) < 4.78 is 50.8. The van der Waals surface area contributed by atoms with E-state index in [9.17, 15) is 18.3 Å². The van der Waals surface area contributed by atoms with Crippen LogP contribution in [0.15, 0.2) is 25.0 Å². The molecule has 2 aromatic rings. The van der Waals surface area contributed by atoms with Crippen LogP contribution in [0.25, 0.3) is 10.9 Å². The van der Waals surface area contributed by atoms with E-state index in [1.165, 1.54) is 6.92 Å². The fourth-order valence-electron chi connectivity index (χ4n) is 5.69. The van der Waals surface area contributed by atoms with Crippen LogP contribution in [0.3, 0.4) is 0 Å². The van der Waals surface area contributed by atoms with Gasteiger partial charge < -0.3 is 25.2 Å². The predicted octanol–water partition coefficient (Wildman–Crippen LogP) is 5.67. The van der Waals surface area contributed by atoms with Crippen molar-refractivity contribution in [3.8, 4) is 5.88 Å². The second kappa shape index (κ2) is 13.9. The van der Waals surface area contributed by atoms with Gasteiger partial charge in [0.15, 0.2) is 0 Å². The molecule has 0 unspecified atom stereocenters. The van der Waals surface area contributed by atoms with E-state index in [1.54, 1.807) is 12.4 Å². The summed E-state index contributed by atoms with van der Waals surface area (Å²) in [5.74, 6) is 0.666. The third kappa shape index (κ3) is 8.50. The number of alkyl halides is 3. The number of pyridine rings is 1. The molecule has 1 saturated heterocycles. The lowest BCUT2D eigenvalue weighted by Crippen LogP contribution is -2.41. The van der Waals surface area contributed by atoms with Crippen molar-refractivity contribution in [1.82, 2.24) is 20.3 Å². The van der Waals surface area contributed by atoms with E-state index >= 15 is 0 Å². The van der Waals surface area contributed by atoms with Crippen molar-refractivity contribution < 1.29 is 27.8 Å². The molecule has 1 aliphatic carbocycles. The molecule has 0 bridgehead atoms. The van der Waals surface area contributed by atoms with Gasteiger partial charge in [0.05, 0.1) is 30.0 Å². The van der Waals surface area contributed by atoms with Crippen molar-refractivity contribution in [2.24, 2.45) is 0 Å². The number of hydrogen-bond acceptors (Lipinski definition) is 8. The molecule has 0 radical (unpaired) electrons. The molecular weight excluding hydrogens is 523 g/mol. The van der Waals surface area contributed by atoms with Crippen LogP contribution in [0, 0.1) is 0 Å². The van der Waals surface area contributed by atoms with Crippen LogP contribution in [0.2, 0.25) is 0 Å². The van der Waals surface area contributed by atoms with Crippen molar-refractivity contribution in [1.29, 1.82) is 0 Å². The molecule has 222 valence electrons. The molecule has 3 heterocycles. The van der Waals surface area contributed by atoms with E-state index in [1.807, 2.05) is 6.08 Å². The van der Waals surface area contributed by atoms with Crippen molar-refractivity contribution in [3.63, 3.8) is 0 Å². The summed E-state index contributed by atoms with van der Waals surface area (Å²) in [7, 11) is 0. The minimum absolute atomic E-state index is 0.133. The minimum Gasteiger partial charge on any atom is -0.473 e. The maximum Gasteiger partial charge on any atom is 0.391 e. The average Bonchev–Trinajstić information content (AvgIpc) is 3.41. The number of halogens is 3. The molecule has 3 N–H and O–H groups in total. The molecule has 11 heteroatoms. The van der Waals surface area contributed by atoms with Crippen LogP contribution >= 0.6 is 0 Å². The van der Waals surface area contributed by atoms with Crippen molar-refractivity contribution in [2.75, 3.05) is 18.5 Å². The van der Waals surface area contributed by atoms with E-state index in [-0.39, 0.29) is 30.1 Å². The maximum atomic E-state index is 12.9. The fourth-order valence-corrected chi connectivity index (χ4v) is 5.69. The molecule has 1 saturated carbocycles. The Morgan fingerprint density at radius 3 is 2.62 bits per heavy atom. The van der Waals surface area contributed by atoms with Crippen LogP contribution in [0.1, 0.15) is 83.1 Å². The molecular formula is C29H42F3N5O3. The summed E-state index contributed by atoms with van der Waals surface area (Å²) in [6.07, 6.45) is 5.63. The fraction of sp³-hybridized carbons (Fsp3) is 0.690. The van der Waals surface area contributed by atoms with E-state index in [0.717, 1.165) is 44.3 Å². The molecule has 2 aliphatic rings. The van der Waals surface area contributed by atoms with Crippen LogP contribution in [0.5, 0.6) is 5.88 Å². The lowest BCUT2D eigenvalue weighted by molar-refractivity contribution is -0.136. The van der Waals surface area contributed by atoms with Gasteiger partial charge in [0.2, 0.25) is 11.8 Å². The first-order valence-electron chi connectivity index (χ1n) is 14.4. The Morgan fingerprint density at radius 1 is 1.20 bits per heavy atom. The van der Waals surface area contributed by atoms with Gasteiger partial charge in [-0.2, -0.15) is 13.2 Å². The quantitative estimate of drug-likeness (QED) is 0.267. The number of aliphatic hydroxyl groups is 1. The van der Waals surface area contributed by atoms with Crippen LogP contribution < -0.4 is 15.4 Å². The third-order valence-corrected chi connectivity index (χ3v) is 7.81. The Kier molecular flexibility index (Phi) is 10.6. The van der Waals surface area contributed by atoms with Crippen LogP contribution in [0.4, 0.5) is 19.1 Å². The first-order valence-corrected chi connectivity index (χ1v) is 14.4. The van der Waals surface area contributed by atoms with Crippen molar-refractivity contribution in [2.45, 2.75) is 114 Å². The largest absolute Gasteiger partial charge is 0.473 e. The zero-order valence-electron chi connectivity index (χ0n) is 23.4. The zero-order chi connectivity index (χ0) is 28.7. The zero-order valence-corrected chi connectivity index (χ0v) is 23.4. The van der Waals surface area contributed by atoms with Gasteiger partial charge >= 0.3 is 6.18 Å². The predicted molar refractivity (Wildman–Crippen MR) is 149 cm³/mol. The second-order valence-electron chi connectivity index (χ2n) is 11.2. The molecule has 8 nitrogen and oxygen atoms in total. The Morgan fingerprint density at radius 2 is 1.98 bits per heavy atom. The van der Waals surface area contributed by atoms with Crippen molar-refractivity contribution in [3.05, 3.63) is 30.6 Å². The average molecular weight is 566 g/mol. The van der Waals surface area contributed by atoms with Gasteiger partial charge in [0, 0.05) is 49.1 Å². The topological polar surface area (TPSA) is 101 Å². The molecule has 2 fully saturated rings. The third-order valence-electron chi connectivity index (χ3n) is 7.81. The lowest BCUT2D eigenvalue weighted by Gasteiger charge is -2.28. The summed E-state index contributed by atoms with van der Waals surface area (Å²) in [4.78, 5) is 13.7. The summed E-state index contributed by atoms with van der Waals surface area (Å²) in [6, 6.07) is -0.317. The molecule has 0 aromatic carbocycles. The number of aromatic nitrogens is 3. The van der Waals surface area contributed by atoms with Gasteiger partial charge in [0.25, 0.3) is 0 Å². The highest BCUT2D eigenvalue weighted by Crippen LogP contribution is 2.38. The molecule has 40 heavy (non-hydrogen) atoms. The number of anilines is 1. The number of aliphatic hydroxyl groups excluding tert-OH is 1. The smallest absolute Gasteiger partial charge is 0.391 e. The number of rotatable bonds is 13. The maximum absolute atomic E-state index is 12.9. The Labute approximate surface area is 234 Å². The highest BCUT2D eigenvalue weighted by molar-refractivity contribution is 5.86.